The molecule has 0 aromatic carbocycles. The summed E-state index contributed by atoms with van der Waals surface area (Å²) in [5.41, 5.74) is 9.76. The Kier molecular flexibility index (Phi) is 3.14. The number of hydrogen-bond donors (Lipinski definition) is 2. The van der Waals surface area contributed by atoms with Crippen LogP contribution in [0.4, 0.5) is 0 Å². The Morgan fingerprint density at radius 1 is 1.88 bits per heavy atom. The highest BCUT2D eigenvalue weighted by molar-refractivity contribution is 5.77. The SMILES string of the molecule is CCOC(N)C(N)=O. The first-order valence-electron chi connectivity index (χ1n) is 2.35. The fourth-order valence-corrected chi connectivity index (χ4v) is 0.262. The fourth-order valence-electron chi connectivity index (χ4n) is 0.262. The van der Waals surface area contributed by atoms with Gasteiger partial charge in [0.15, 0.2) is 6.23 Å². The van der Waals surface area contributed by atoms with Crippen molar-refractivity contribution in [3.63, 3.8) is 0 Å². The second-order valence-electron chi connectivity index (χ2n) is 1.28. The number of amides is 1. The summed E-state index contributed by atoms with van der Waals surface area (Å²) in [7, 11) is 0. The van der Waals surface area contributed by atoms with E-state index in [1.54, 1.807) is 6.92 Å². The Morgan fingerprint density at radius 2 is 2.38 bits per heavy atom. The third-order valence-electron chi connectivity index (χ3n) is 0.627. The molecule has 1 atom stereocenters. The van der Waals surface area contributed by atoms with Crippen molar-refractivity contribution in [1.82, 2.24) is 0 Å². The number of ether oxygens (including phenoxy) is 1. The molecule has 0 radical (unpaired) electrons. The minimum atomic E-state index is -0.944. The van der Waals surface area contributed by atoms with E-state index in [0.29, 0.717) is 6.61 Å². The molecule has 0 rings (SSSR count). The topological polar surface area (TPSA) is 78.3 Å². The molecule has 48 valence electrons. The van der Waals surface area contributed by atoms with Gasteiger partial charge in [0, 0.05) is 6.61 Å². The van der Waals surface area contributed by atoms with E-state index in [-0.39, 0.29) is 0 Å². The third-order valence-corrected chi connectivity index (χ3v) is 0.627. The number of rotatable bonds is 3. The Bertz CT molecular complexity index is 84.1. The van der Waals surface area contributed by atoms with Gasteiger partial charge in [-0.1, -0.05) is 0 Å². The molecule has 1 amide bonds. The number of carbonyl (C=O) groups is 1. The van der Waals surface area contributed by atoms with Crippen molar-refractivity contribution >= 4 is 5.91 Å². The molecular weight excluding hydrogens is 108 g/mol. The highest BCUT2D eigenvalue weighted by Gasteiger charge is 2.05. The van der Waals surface area contributed by atoms with Crippen LogP contribution in [0, 0.1) is 0 Å². The molecule has 1 unspecified atom stereocenters. The predicted molar refractivity (Wildman–Crippen MR) is 28.8 cm³/mol. The maximum atomic E-state index is 10.1. The molecule has 0 saturated carbocycles. The molecule has 0 aliphatic carbocycles. The van der Waals surface area contributed by atoms with Gasteiger partial charge in [-0.2, -0.15) is 0 Å². The smallest absolute Gasteiger partial charge is 0.261 e. The minimum Gasteiger partial charge on any atom is -0.366 e. The normalized spacial score (nSPS) is 13.2. The zero-order chi connectivity index (χ0) is 6.57. The number of nitrogens with two attached hydrogens (primary N) is 2. The van der Waals surface area contributed by atoms with E-state index < -0.39 is 12.1 Å². The summed E-state index contributed by atoms with van der Waals surface area (Å²) in [5, 5.41) is 0. The van der Waals surface area contributed by atoms with E-state index in [4.69, 9.17) is 11.5 Å². The number of primary amides is 1. The van der Waals surface area contributed by atoms with Crippen LogP contribution >= 0.6 is 0 Å². The first-order chi connectivity index (χ1) is 3.68. The summed E-state index contributed by atoms with van der Waals surface area (Å²) < 4.78 is 4.61. The average molecular weight is 118 g/mol. The lowest BCUT2D eigenvalue weighted by Gasteiger charge is -2.04. The quantitative estimate of drug-likeness (QED) is 0.456. The molecular formula is C4H10N2O2. The Hall–Kier alpha value is -0.610. The zero-order valence-electron chi connectivity index (χ0n) is 4.76. The Morgan fingerprint density at radius 3 is 2.50 bits per heavy atom. The largest absolute Gasteiger partial charge is 0.366 e. The van der Waals surface area contributed by atoms with Crippen LogP contribution in [-0.4, -0.2) is 18.7 Å². The summed E-state index contributed by atoms with van der Waals surface area (Å²) in [6, 6.07) is 0. The molecule has 8 heavy (non-hydrogen) atoms. The average Bonchev–Trinajstić information content (AvgIpc) is 1.67. The lowest BCUT2D eigenvalue weighted by Crippen LogP contribution is -2.38. The molecule has 0 aromatic heterocycles. The minimum absolute atomic E-state index is 0.407. The van der Waals surface area contributed by atoms with Gasteiger partial charge in [0.25, 0.3) is 5.91 Å². The van der Waals surface area contributed by atoms with Gasteiger partial charge in [0.2, 0.25) is 0 Å². The summed E-state index contributed by atoms with van der Waals surface area (Å²) in [6.45, 7) is 2.15. The highest BCUT2D eigenvalue weighted by Crippen LogP contribution is 1.77. The first kappa shape index (κ1) is 7.39. The third kappa shape index (κ3) is 2.54. The van der Waals surface area contributed by atoms with E-state index in [1.165, 1.54) is 0 Å². The fraction of sp³-hybridized carbons (Fsp3) is 0.750. The second-order valence-corrected chi connectivity index (χ2v) is 1.28. The van der Waals surface area contributed by atoms with Crippen molar-refractivity contribution < 1.29 is 9.53 Å². The van der Waals surface area contributed by atoms with E-state index in [0.717, 1.165) is 0 Å². The second kappa shape index (κ2) is 3.40. The van der Waals surface area contributed by atoms with E-state index >= 15 is 0 Å². The van der Waals surface area contributed by atoms with Crippen LogP contribution in [0.15, 0.2) is 0 Å². The predicted octanol–water partition coefficient (Wildman–Crippen LogP) is -1.21. The van der Waals surface area contributed by atoms with Crippen LogP contribution in [0.25, 0.3) is 0 Å². The maximum absolute atomic E-state index is 10.1. The molecule has 0 bridgehead atoms. The lowest BCUT2D eigenvalue weighted by atomic mass is 10.6. The Balaban J connectivity index is 3.32. The van der Waals surface area contributed by atoms with Crippen molar-refractivity contribution in [3.05, 3.63) is 0 Å². The van der Waals surface area contributed by atoms with Gasteiger partial charge in [0.1, 0.15) is 0 Å². The van der Waals surface area contributed by atoms with Crippen LogP contribution in [0.2, 0.25) is 0 Å². The molecule has 4 N–H and O–H groups in total. The van der Waals surface area contributed by atoms with Crippen molar-refractivity contribution in [2.24, 2.45) is 11.5 Å². The van der Waals surface area contributed by atoms with Gasteiger partial charge >= 0.3 is 0 Å². The van der Waals surface area contributed by atoms with Gasteiger partial charge in [-0.25, -0.2) is 0 Å². The first-order valence-corrected chi connectivity index (χ1v) is 2.35. The van der Waals surface area contributed by atoms with Gasteiger partial charge in [0.05, 0.1) is 0 Å². The van der Waals surface area contributed by atoms with Crippen molar-refractivity contribution in [1.29, 1.82) is 0 Å². The standard InChI is InChI=1S/C4H10N2O2/c1-2-8-4(6)3(5)7/h4H,2,6H2,1H3,(H2,5,7). The summed E-state index contributed by atoms with van der Waals surface area (Å²) in [5.74, 6) is -0.633. The van der Waals surface area contributed by atoms with Gasteiger partial charge in [-0.15, -0.1) is 0 Å². The van der Waals surface area contributed by atoms with Gasteiger partial charge in [-0.05, 0) is 6.92 Å². The molecule has 0 spiro atoms. The molecule has 4 nitrogen and oxygen atoms in total. The Labute approximate surface area is 47.8 Å². The van der Waals surface area contributed by atoms with Crippen LogP contribution in [-0.2, 0) is 9.53 Å². The summed E-state index contributed by atoms with van der Waals surface area (Å²) >= 11 is 0. The summed E-state index contributed by atoms with van der Waals surface area (Å²) in [4.78, 5) is 10.1. The van der Waals surface area contributed by atoms with E-state index in [9.17, 15) is 4.79 Å². The summed E-state index contributed by atoms with van der Waals surface area (Å²) in [6.07, 6.45) is -0.944. The number of hydrogen-bond acceptors (Lipinski definition) is 3. The van der Waals surface area contributed by atoms with Gasteiger partial charge in [-0.3, -0.25) is 10.5 Å². The molecule has 0 saturated heterocycles. The van der Waals surface area contributed by atoms with Crippen LogP contribution in [0.1, 0.15) is 6.92 Å². The van der Waals surface area contributed by atoms with Crippen molar-refractivity contribution in [3.8, 4) is 0 Å². The van der Waals surface area contributed by atoms with Crippen LogP contribution in [0.3, 0.4) is 0 Å². The van der Waals surface area contributed by atoms with Crippen LogP contribution < -0.4 is 11.5 Å². The van der Waals surface area contributed by atoms with Crippen LogP contribution in [0.5, 0.6) is 0 Å². The van der Waals surface area contributed by atoms with Crippen molar-refractivity contribution in [2.45, 2.75) is 13.2 Å². The molecule has 0 aliphatic heterocycles. The van der Waals surface area contributed by atoms with E-state index in [2.05, 4.69) is 4.74 Å². The molecule has 0 heterocycles. The molecule has 0 fully saturated rings. The van der Waals surface area contributed by atoms with Gasteiger partial charge < -0.3 is 10.5 Å². The highest BCUT2D eigenvalue weighted by atomic mass is 16.5. The molecule has 4 heteroatoms. The molecule has 0 aliphatic rings. The zero-order valence-corrected chi connectivity index (χ0v) is 4.76. The number of carbonyl (C=O) groups excluding carboxylic acids is 1. The maximum Gasteiger partial charge on any atom is 0.261 e. The molecule has 0 aromatic rings. The lowest BCUT2D eigenvalue weighted by molar-refractivity contribution is -0.128. The van der Waals surface area contributed by atoms with Crippen molar-refractivity contribution in [2.75, 3.05) is 6.61 Å². The van der Waals surface area contributed by atoms with E-state index in [1.807, 2.05) is 0 Å². The monoisotopic (exact) mass is 118 g/mol.